The standard InChI is InChI=1S/C11H20N2O4S/c1-4-17-11(14)10(9-12(2)3)18(15,16)13-7-5-6-8-13/h9H,4-8H2,1-3H3/b10-9+. The quantitative estimate of drug-likeness (QED) is 0.536. The maximum Gasteiger partial charge on any atom is 0.352 e. The monoisotopic (exact) mass is 276 g/mol. The Morgan fingerprint density at radius 2 is 1.89 bits per heavy atom. The van der Waals surface area contributed by atoms with Crippen molar-refractivity contribution in [2.45, 2.75) is 19.8 Å². The normalized spacial score (nSPS) is 17.8. The van der Waals surface area contributed by atoms with Gasteiger partial charge in [-0.3, -0.25) is 0 Å². The van der Waals surface area contributed by atoms with Crippen molar-refractivity contribution < 1.29 is 17.9 Å². The minimum atomic E-state index is -3.74. The van der Waals surface area contributed by atoms with E-state index in [1.807, 2.05) is 0 Å². The number of ether oxygens (including phenoxy) is 1. The molecule has 0 amide bonds. The van der Waals surface area contributed by atoms with E-state index in [1.165, 1.54) is 15.4 Å². The molecular formula is C11H20N2O4S. The van der Waals surface area contributed by atoms with Crippen LogP contribution >= 0.6 is 0 Å². The Morgan fingerprint density at radius 3 is 2.33 bits per heavy atom. The first-order chi connectivity index (χ1) is 8.39. The number of hydrogen-bond donors (Lipinski definition) is 0. The van der Waals surface area contributed by atoms with Crippen molar-refractivity contribution in [3.05, 3.63) is 11.1 Å². The molecule has 6 nitrogen and oxygen atoms in total. The second-order valence-corrected chi connectivity index (χ2v) is 6.19. The Bertz CT molecular complexity index is 422. The molecule has 0 N–H and O–H groups in total. The molecule has 0 unspecified atom stereocenters. The Balaban J connectivity index is 3.06. The highest BCUT2D eigenvalue weighted by Crippen LogP contribution is 2.20. The molecule has 1 heterocycles. The first kappa shape index (κ1) is 15.0. The van der Waals surface area contributed by atoms with Crippen LogP contribution in [0.1, 0.15) is 19.8 Å². The molecule has 1 saturated heterocycles. The highest BCUT2D eigenvalue weighted by atomic mass is 32.2. The fourth-order valence-electron chi connectivity index (χ4n) is 1.73. The fraction of sp³-hybridized carbons (Fsp3) is 0.727. The lowest BCUT2D eigenvalue weighted by Crippen LogP contribution is -2.33. The summed E-state index contributed by atoms with van der Waals surface area (Å²) in [6.45, 7) is 2.73. The summed E-state index contributed by atoms with van der Waals surface area (Å²) in [6, 6.07) is 0. The summed E-state index contributed by atoms with van der Waals surface area (Å²) in [5.74, 6) is -0.793. The van der Waals surface area contributed by atoms with Gasteiger partial charge in [-0.2, -0.15) is 4.31 Å². The molecule has 0 aromatic rings. The van der Waals surface area contributed by atoms with Crippen LogP contribution in [0, 0.1) is 0 Å². The van der Waals surface area contributed by atoms with E-state index in [4.69, 9.17) is 4.74 Å². The van der Waals surface area contributed by atoms with Gasteiger partial charge in [0.2, 0.25) is 0 Å². The van der Waals surface area contributed by atoms with E-state index in [2.05, 4.69) is 0 Å². The number of nitrogens with zero attached hydrogens (tertiary/aromatic N) is 2. The minimum absolute atomic E-state index is 0.152. The predicted molar refractivity (Wildman–Crippen MR) is 68.1 cm³/mol. The lowest BCUT2D eigenvalue weighted by Gasteiger charge is -2.18. The van der Waals surface area contributed by atoms with Crippen molar-refractivity contribution in [1.29, 1.82) is 0 Å². The molecule has 0 aromatic carbocycles. The van der Waals surface area contributed by atoms with Gasteiger partial charge in [0.15, 0.2) is 4.91 Å². The van der Waals surface area contributed by atoms with Crippen LogP contribution in [0.4, 0.5) is 0 Å². The number of esters is 1. The summed E-state index contributed by atoms with van der Waals surface area (Å²) in [5, 5.41) is 0. The van der Waals surface area contributed by atoms with E-state index < -0.39 is 16.0 Å². The van der Waals surface area contributed by atoms with Crippen LogP contribution in [-0.4, -0.2) is 57.4 Å². The van der Waals surface area contributed by atoms with E-state index in [0.717, 1.165) is 12.8 Å². The Hall–Kier alpha value is -1.08. The number of sulfonamides is 1. The summed E-state index contributed by atoms with van der Waals surface area (Å²) in [7, 11) is -0.408. The summed E-state index contributed by atoms with van der Waals surface area (Å²) in [4.78, 5) is 13.0. The molecule has 0 aromatic heterocycles. The molecule has 0 saturated carbocycles. The molecule has 1 aliphatic rings. The number of rotatable bonds is 5. The Kier molecular flexibility index (Phi) is 5.15. The summed E-state index contributed by atoms with van der Waals surface area (Å²) < 4.78 is 30.8. The van der Waals surface area contributed by atoms with Crippen molar-refractivity contribution in [2.24, 2.45) is 0 Å². The molecular weight excluding hydrogens is 256 g/mol. The maximum atomic E-state index is 12.3. The third-order valence-corrected chi connectivity index (χ3v) is 4.41. The topological polar surface area (TPSA) is 66.9 Å². The second kappa shape index (κ2) is 6.19. The van der Waals surface area contributed by atoms with Crippen LogP contribution in [0.15, 0.2) is 11.1 Å². The average Bonchev–Trinajstić information content (AvgIpc) is 2.79. The van der Waals surface area contributed by atoms with Gasteiger partial charge >= 0.3 is 5.97 Å². The molecule has 0 aliphatic carbocycles. The van der Waals surface area contributed by atoms with Gasteiger partial charge in [-0.05, 0) is 19.8 Å². The van der Waals surface area contributed by atoms with Gasteiger partial charge in [-0.1, -0.05) is 0 Å². The van der Waals surface area contributed by atoms with E-state index in [9.17, 15) is 13.2 Å². The SMILES string of the molecule is CCOC(=O)/C(=C\N(C)C)S(=O)(=O)N1CCCC1. The Morgan fingerprint density at radius 1 is 1.33 bits per heavy atom. The van der Waals surface area contributed by atoms with Crippen LogP contribution < -0.4 is 0 Å². The molecule has 1 rings (SSSR count). The predicted octanol–water partition coefficient (Wildman–Crippen LogP) is 0.378. The molecule has 18 heavy (non-hydrogen) atoms. The van der Waals surface area contributed by atoms with Crippen molar-refractivity contribution in [3.63, 3.8) is 0 Å². The molecule has 0 bridgehead atoms. The molecule has 0 atom stereocenters. The van der Waals surface area contributed by atoms with Crippen LogP contribution in [0.5, 0.6) is 0 Å². The van der Waals surface area contributed by atoms with Gasteiger partial charge in [0.05, 0.1) is 6.61 Å². The lowest BCUT2D eigenvalue weighted by molar-refractivity contribution is -0.137. The van der Waals surface area contributed by atoms with Crippen molar-refractivity contribution >= 4 is 16.0 Å². The van der Waals surface area contributed by atoms with Crippen molar-refractivity contribution in [1.82, 2.24) is 9.21 Å². The van der Waals surface area contributed by atoms with Gasteiger partial charge < -0.3 is 9.64 Å². The molecule has 1 aliphatic heterocycles. The lowest BCUT2D eigenvalue weighted by atomic mass is 10.4. The third-order valence-electron chi connectivity index (χ3n) is 2.53. The molecule has 0 spiro atoms. The van der Waals surface area contributed by atoms with Gasteiger partial charge in [0.25, 0.3) is 10.0 Å². The molecule has 7 heteroatoms. The Labute approximate surface area is 108 Å². The largest absolute Gasteiger partial charge is 0.462 e. The summed E-state index contributed by atoms with van der Waals surface area (Å²) in [5.41, 5.74) is 0. The van der Waals surface area contributed by atoms with E-state index in [0.29, 0.717) is 13.1 Å². The zero-order chi connectivity index (χ0) is 13.8. The highest BCUT2D eigenvalue weighted by Gasteiger charge is 2.34. The zero-order valence-electron chi connectivity index (χ0n) is 11.0. The van der Waals surface area contributed by atoms with Gasteiger partial charge in [0.1, 0.15) is 0 Å². The fourth-order valence-corrected chi connectivity index (χ4v) is 3.36. The number of carbonyl (C=O) groups is 1. The van der Waals surface area contributed by atoms with Crippen LogP contribution in [0.3, 0.4) is 0 Å². The highest BCUT2D eigenvalue weighted by molar-refractivity contribution is 7.94. The zero-order valence-corrected chi connectivity index (χ0v) is 11.9. The number of carbonyl (C=O) groups excluding carboxylic acids is 1. The average molecular weight is 276 g/mol. The van der Waals surface area contributed by atoms with E-state index in [-0.39, 0.29) is 11.5 Å². The van der Waals surface area contributed by atoms with Crippen LogP contribution in [-0.2, 0) is 19.6 Å². The third kappa shape index (κ3) is 3.46. The summed E-state index contributed by atoms with van der Waals surface area (Å²) in [6.07, 6.45) is 2.96. The molecule has 1 fully saturated rings. The summed E-state index contributed by atoms with van der Waals surface area (Å²) >= 11 is 0. The van der Waals surface area contributed by atoms with Gasteiger partial charge in [-0.15, -0.1) is 0 Å². The number of hydrogen-bond acceptors (Lipinski definition) is 5. The van der Waals surface area contributed by atoms with Crippen LogP contribution in [0.25, 0.3) is 0 Å². The first-order valence-corrected chi connectivity index (χ1v) is 7.39. The molecule has 104 valence electrons. The van der Waals surface area contributed by atoms with Crippen molar-refractivity contribution in [2.75, 3.05) is 33.8 Å². The smallest absolute Gasteiger partial charge is 0.352 e. The second-order valence-electron chi connectivity index (χ2n) is 4.29. The van der Waals surface area contributed by atoms with E-state index >= 15 is 0 Å². The van der Waals surface area contributed by atoms with E-state index in [1.54, 1.807) is 21.0 Å². The maximum absolute atomic E-state index is 12.3. The van der Waals surface area contributed by atoms with Crippen LogP contribution in [0.2, 0.25) is 0 Å². The molecule has 0 radical (unpaired) electrons. The van der Waals surface area contributed by atoms with Gasteiger partial charge in [-0.25, -0.2) is 13.2 Å². The first-order valence-electron chi connectivity index (χ1n) is 5.95. The minimum Gasteiger partial charge on any atom is -0.462 e. The van der Waals surface area contributed by atoms with Crippen molar-refractivity contribution in [3.8, 4) is 0 Å². The van der Waals surface area contributed by atoms with Gasteiger partial charge in [0, 0.05) is 33.4 Å².